The van der Waals surface area contributed by atoms with Gasteiger partial charge in [0, 0.05) is 26.5 Å². The van der Waals surface area contributed by atoms with Crippen molar-refractivity contribution in [3.05, 3.63) is 29.6 Å². The quantitative estimate of drug-likeness (QED) is 0.791. The van der Waals surface area contributed by atoms with Crippen LogP contribution in [0.1, 0.15) is 41.1 Å². The molecule has 0 fully saturated rings. The molecule has 2 N–H and O–H groups in total. The highest BCUT2D eigenvalue weighted by molar-refractivity contribution is 6.03. The van der Waals surface area contributed by atoms with Crippen LogP contribution in [0.25, 0.3) is 0 Å². The predicted molar refractivity (Wildman–Crippen MR) is 73.8 cm³/mol. The summed E-state index contributed by atoms with van der Waals surface area (Å²) in [6, 6.07) is 2.85. The summed E-state index contributed by atoms with van der Waals surface area (Å²) in [5.41, 5.74) is -0.300. The average Bonchev–Trinajstić information content (AvgIpc) is 2.42. The maximum absolute atomic E-state index is 12.0. The number of carbonyl (C=O) groups excluding carboxylic acids is 1. The molecule has 0 saturated heterocycles. The molecule has 0 atom stereocenters. The van der Waals surface area contributed by atoms with Crippen LogP contribution in [-0.2, 0) is 4.74 Å². The van der Waals surface area contributed by atoms with Gasteiger partial charge in [-0.3, -0.25) is 9.78 Å². The van der Waals surface area contributed by atoms with Crippen LogP contribution in [0.5, 0.6) is 0 Å². The fourth-order valence-electron chi connectivity index (χ4n) is 1.63. The molecule has 0 bridgehead atoms. The Kier molecular flexibility index (Phi) is 5.64. The monoisotopic (exact) mass is 280 g/mol. The van der Waals surface area contributed by atoms with Gasteiger partial charge < -0.3 is 15.2 Å². The summed E-state index contributed by atoms with van der Waals surface area (Å²) in [6.07, 6.45) is 2.19. The summed E-state index contributed by atoms with van der Waals surface area (Å²) in [4.78, 5) is 26.9. The minimum atomic E-state index is -1.16. The van der Waals surface area contributed by atoms with Crippen molar-refractivity contribution in [1.82, 2.24) is 10.3 Å². The number of carboxylic acid groups (broad SMARTS) is 1. The van der Waals surface area contributed by atoms with Crippen LogP contribution in [-0.4, -0.2) is 42.2 Å². The largest absolute Gasteiger partial charge is 0.478 e. The number of ether oxygens (including phenoxy) is 1. The van der Waals surface area contributed by atoms with E-state index < -0.39 is 11.9 Å². The van der Waals surface area contributed by atoms with Crippen molar-refractivity contribution >= 4 is 11.9 Å². The van der Waals surface area contributed by atoms with Crippen molar-refractivity contribution in [2.75, 3.05) is 20.3 Å². The van der Waals surface area contributed by atoms with Crippen LogP contribution in [0.3, 0.4) is 0 Å². The van der Waals surface area contributed by atoms with Gasteiger partial charge in [0.15, 0.2) is 0 Å². The molecular formula is C14H20N2O4. The number of pyridine rings is 1. The molecule has 1 rings (SSSR count). The fourth-order valence-corrected chi connectivity index (χ4v) is 1.63. The van der Waals surface area contributed by atoms with Gasteiger partial charge in [-0.2, -0.15) is 0 Å². The fraction of sp³-hybridized carbons (Fsp3) is 0.500. The van der Waals surface area contributed by atoms with E-state index in [2.05, 4.69) is 10.3 Å². The third kappa shape index (κ3) is 4.62. The molecule has 0 aliphatic carbocycles. The van der Waals surface area contributed by atoms with Gasteiger partial charge in [0.05, 0.1) is 5.56 Å². The topological polar surface area (TPSA) is 88.5 Å². The molecule has 1 amide bonds. The van der Waals surface area contributed by atoms with Crippen LogP contribution in [0.2, 0.25) is 0 Å². The molecule has 0 spiro atoms. The van der Waals surface area contributed by atoms with E-state index in [9.17, 15) is 9.59 Å². The lowest BCUT2D eigenvalue weighted by Crippen LogP contribution is -2.35. The SMILES string of the molecule is COCCC(C)(C)CNC(=O)c1ncccc1C(=O)O. The van der Waals surface area contributed by atoms with E-state index in [1.807, 2.05) is 13.8 Å². The van der Waals surface area contributed by atoms with Crippen molar-refractivity contribution in [2.24, 2.45) is 5.41 Å². The molecule has 0 saturated carbocycles. The van der Waals surface area contributed by atoms with E-state index in [-0.39, 0.29) is 16.7 Å². The van der Waals surface area contributed by atoms with Crippen LogP contribution in [0, 0.1) is 5.41 Å². The van der Waals surface area contributed by atoms with Gasteiger partial charge in [-0.25, -0.2) is 4.79 Å². The van der Waals surface area contributed by atoms with Crippen molar-refractivity contribution in [3.8, 4) is 0 Å². The maximum Gasteiger partial charge on any atom is 0.338 e. The Bertz CT molecular complexity index is 486. The summed E-state index contributed by atoms with van der Waals surface area (Å²) < 4.78 is 5.02. The zero-order valence-electron chi connectivity index (χ0n) is 12.0. The smallest absolute Gasteiger partial charge is 0.338 e. The first-order valence-corrected chi connectivity index (χ1v) is 6.33. The van der Waals surface area contributed by atoms with Gasteiger partial charge in [-0.1, -0.05) is 13.8 Å². The molecule has 20 heavy (non-hydrogen) atoms. The van der Waals surface area contributed by atoms with Crippen molar-refractivity contribution < 1.29 is 19.4 Å². The number of hydrogen-bond acceptors (Lipinski definition) is 4. The van der Waals surface area contributed by atoms with Crippen molar-refractivity contribution in [2.45, 2.75) is 20.3 Å². The highest BCUT2D eigenvalue weighted by atomic mass is 16.5. The third-order valence-corrected chi connectivity index (χ3v) is 2.96. The molecule has 1 aromatic rings. The Balaban J connectivity index is 2.70. The number of methoxy groups -OCH3 is 1. The van der Waals surface area contributed by atoms with Gasteiger partial charge in [0.2, 0.25) is 0 Å². The number of nitrogens with one attached hydrogen (secondary N) is 1. The van der Waals surface area contributed by atoms with Gasteiger partial charge >= 0.3 is 5.97 Å². The Hall–Kier alpha value is -1.95. The predicted octanol–water partition coefficient (Wildman–Crippen LogP) is 1.57. The third-order valence-electron chi connectivity index (χ3n) is 2.96. The van der Waals surface area contributed by atoms with Gasteiger partial charge in [0.25, 0.3) is 5.91 Å². The molecular weight excluding hydrogens is 260 g/mol. The molecule has 0 aliphatic rings. The summed E-state index contributed by atoms with van der Waals surface area (Å²) in [6.45, 7) is 5.03. The normalized spacial score (nSPS) is 11.2. The minimum Gasteiger partial charge on any atom is -0.478 e. The molecule has 110 valence electrons. The number of rotatable bonds is 7. The van der Waals surface area contributed by atoms with Crippen molar-refractivity contribution in [1.29, 1.82) is 0 Å². The standard InChI is InChI=1S/C14H20N2O4/c1-14(2,6-8-20-3)9-16-12(17)11-10(13(18)19)5-4-7-15-11/h4-5,7H,6,8-9H2,1-3H3,(H,16,17)(H,18,19). The number of amides is 1. The van der Waals surface area contributed by atoms with Gasteiger partial charge in [0.1, 0.15) is 5.69 Å². The zero-order chi connectivity index (χ0) is 15.2. The lowest BCUT2D eigenvalue weighted by molar-refractivity contribution is 0.0689. The zero-order valence-corrected chi connectivity index (χ0v) is 12.0. The summed E-state index contributed by atoms with van der Waals surface area (Å²) in [5, 5.41) is 11.7. The van der Waals surface area contributed by atoms with E-state index in [4.69, 9.17) is 9.84 Å². The Morgan fingerprint density at radius 2 is 2.15 bits per heavy atom. The van der Waals surface area contributed by atoms with E-state index in [1.165, 1.54) is 18.3 Å². The lowest BCUT2D eigenvalue weighted by Gasteiger charge is -2.24. The van der Waals surface area contributed by atoms with E-state index in [0.717, 1.165) is 6.42 Å². The maximum atomic E-state index is 12.0. The van der Waals surface area contributed by atoms with E-state index in [0.29, 0.717) is 13.2 Å². The number of aromatic carboxylic acids is 1. The van der Waals surface area contributed by atoms with E-state index in [1.54, 1.807) is 7.11 Å². The number of carboxylic acids is 1. The van der Waals surface area contributed by atoms with Crippen LogP contribution in [0.4, 0.5) is 0 Å². The second kappa shape index (κ2) is 7.00. The summed E-state index contributed by atoms with van der Waals surface area (Å²) in [5.74, 6) is -1.64. The molecule has 6 heteroatoms. The molecule has 0 aromatic carbocycles. The number of carbonyl (C=O) groups is 2. The minimum absolute atomic E-state index is 0.0671. The molecule has 0 radical (unpaired) electrons. The molecule has 1 heterocycles. The summed E-state index contributed by atoms with van der Waals surface area (Å²) in [7, 11) is 1.63. The van der Waals surface area contributed by atoms with Crippen LogP contribution in [0.15, 0.2) is 18.3 Å². The van der Waals surface area contributed by atoms with Crippen molar-refractivity contribution in [3.63, 3.8) is 0 Å². The lowest BCUT2D eigenvalue weighted by atomic mass is 9.89. The highest BCUT2D eigenvalue weighted by Crippen LogP contribution is 2.19. The average molecular weight is 280 g/mol. The second-order valence-corrected chi connectivity index (χ2v) is 5.29. The first-order valence-electron chi connectivity index (χ1n) is 6.33. The second-order valence-electron chi connectivity index (χ2n) is 5.29. The molecule has 0 aliphatic heterocycles. The number of aromatic nitrogens is 1. The highest BCUT2D eigenvalue weighted by Gasteiger charge is 2.22. The Morgan fingerprint density at radius 3 is 2.75 bits per heavy atom. The number of nitrogens with zero attached hydrogens (tertiary/aromatic N) is 1. The van der Waals surface area contributed by atoms with Gasteiger partial charge in [-0.15, -0.1) is 0 Å². The van der Waals surface area contributed by atoms with Gasteiger partial charge in [-0.05, 0) is 24.0 Å². The van der Waals surface area contributed by atoms with E-state index >= 15 is 0 Å². The first-order chi connectivity index (χ1) is 9.37. The Labute approximate surface area is 118 Å². The molecule has 0 unspecified atom stereocenters. The Morgan fingerprint density at radius 1 is 1.45 bits per heavy atom. The summed E-state index contributed by atoms with van der Waals surface area (Å²) >= 11 is 0. The molecule has 1 aromatic heterocycles. The first kappa shape index (κ1) is 16.1. The van der Waals surface area contributed by atoms with Crippen LogP contribution >= 0.6 is 0 Å². The van der Waals surface area contributed by atoms with Crippen LogP contribution < -0.4 is 5.32 Å². The molecule has 6 nitrogen and oxygen atoms in total. The number of hydrogen-bond donors (Lipinski definition) is 2.